The van der Waals surface area contributed by atoms with Crippen LogP contribution < -0.4 is 10.6 Å². The normalized spacial score (nSPS) is 15.8. The first kappa shape index (κ1) is 20.7. The lowest BCUT2D eigenvalue weighted by Gasteiger charge is -2.38. The highest BCUT2D eigenvalue weighted by Gasteiger charge is 2.36. The minimum Gasteiger partial charge on any atom is -0.459 e. The minimum absolute atomic E-state index is 0.143. The van der Waals surface area contributed by atoms with Crippen LogP contribution in [0.3, 0.4) is 0 Å². The van der Waals surface area contributed by atoms with Gasteiger partial charge in [-0.1, -0.05) is 29.3 Å². The van der Waals surface area contributed by atoms with Crippen molar-refractivity contribution in [2.75, 3.05) is 26.3 Å². The van der Waals surface area contributed by atoms with E-state index in [0.29, 0.717) is 29.8 Å². The Morgan fingerprint density at radius 3 is 2.57 bits per heavy atom. The van der Waals surface area contributed by atoms with Crippen molar-refractivity contribution in [2.24, 2.45) is 0 Å². The molecule has 0 unspecified atom stereocenters. The molecule has 1 fully saturated rings. The molecule has 2 N–H and O–H groups in total. The molecule has 0 aliphatic carbocycles. The Morgan fingerprint density at radius 1 is 1.11 bits per heavy atom. The van der Waals surface area contributed by atoms with Gasteiger partial charge in [-0.2, -0.15) is 0 Å². The lowest BCUT2D eigenvalue weighted by molar-refractivity contribution is -0.121. The topological polar surface area (TPSA) is 80.6 Å². The van der Waals surface area contributed by atoms with E-state index < -0.39 is 0 Å². The number of rotatable bonds is 7. The van der Waals surface area contributed by atoms with Gasteiger partial charge in [-0.25, -0.2) is 0 Å². The number of carbonyl (C=O) groups is 2. The van der Waals surface area contributed by atoms with Crippen molar-refractivity contribution in [1.29, 1.82) is 0 Å². The van der Waals surface area contributed by atoms with Gasteiger partial charge in [-0.05, 0) is 42.7 Å². The van der Waals surface area contributed by atoms with Crippen molar-refractivity contribution in [3.63, 3.8) is 0 Å². The molecule has 0 saturated carbocycles. The van der Waals surface area contributed by atoms with E-state index in [4.69, 9.17) is 32.4 Å². The number of ether oxygens (including phenoxy) is 1. The van der Waals surface area contributed by atoms with Crippen LogP contribution in [0.4, 0.5) is 0 Å². The Balaban J connectivity index is 1.56. The van der Waals surface area contributed by atoms with Crippen LogP contribution in [0.15, 0.2) is 41.0 Å². The Bertz CT molecular complexity index is 818. The Labute approximate surface area is 173 Å². The number of nitrogens with one attached hydrogen (secondary N) is 2. The van der Waals surface area contributed by atoms with Gasteiger partial charge >= 0.3 is 0 Å². The second-order valence-corrected chi connectivity index (χ2v) is 7.62. The number of hydrogen-bond donors (Lipinski definition) is 2. The summed E-state index contributed by atoms with van der Waals surface area (Å²) in [6.45, 7) is 1.88. The molecular formula is C20H22Cl2N2O4. The number of amides is 2. The predicted octanol–water partition coefficient (Wildman–Crippen LogP) is 3.57. The summed E-state index contributed by atoms with van der Waals surface area (Å²) in [6.07, 6.45) is 3.11. The fourth-order valence-electron chi connectivity index (χ4n) is 3.36. The van der Waals surface area contributed by atoms with E-state index in [1.165, 1.54) is 6.26 Å². The summed E-state index contributed by atoms with van der Waals surface area (Å²) in [5.41, 5.74) is 0.667. The van der Waals surface area contributed by atoms with Gasteiger partial charge in [0.2, 0.25) is 5.91 Å². The first-order valence-corrected chi connectivity index (χ1v) is 9.87. The average Bonchev–Trinajstić information content (AvgIpc) is 3.22. The molecule has 2 amide bonds. The average molecular weight is 425 g/mol. The molecule has 3 rings (SSSR count). The predicted molar refractivity (Wildman–Crippen MR) is 107 cm³/mol. The van der Waals surface area contributed by atoms with Gasteiger partial charge in [0.05, 0.1) is 6.26 Å². The Morgan fingerprint density at radius 2 is 1.89 bits per heavy atom. The third-order valence-electron chi connectivity index (χ3n) is 4.96. The number of halogens is 2. The quantitative estimate of drug-likeness (QED) is 0.711. The molecular weight excluding hydrogens is 403 g/mol. The molecule has 0 atom stereocenters. The van der Waals surface area contributed by atoms with Crippen LogP contribution in [0, 0.1) is 0 Å². The van der Waals surface area contributed by atoms with Crippen molar-refractivity contribution in [3.8, 4) is 0 Å². The highest BCUT2D eigenvalue weighted by Crippen LogP contribution is 2.39. The maximum Gasteiger partial charge on any atom is 0.286 e. The molecule has 0 spiro atoms. The molecule has 1 saturated heterocycles. The highest BCUT2D eigenvalue weighted by molar-refractivity contribution is 6.35. The molecule has 1 aliphatic rings. The van der Waals surface area contributed by atoms with E-state index in [-0.39, 0.29) is 36.0 Å². The summed E-state index contributed by atoms with van der Waals surface area (Å²) >= 11 is 12.5. The zero-order valence-electron chi connectivity index (χ0n) is 15.3. The highest BCUT2D eigenvalue weighted by atomic mass is 35.5. The standard InChI is InChI=1S/C20H22Cl2N2O4/c21-14-3-4-15(16(22)12-14)20(6-10-27-11-7-20)13-24-18(25)5-8-23-19(26)17-2-1-9-28-17/h1-4,9,12H,5-8,10-11,13H2,(H,23,26)(H,24,25). The summed E-state index contributed by atoms with van der Waals surface area (Å²) in [7, 11) is 0. The van der Waals surface area contributed by atoms with Crippen LogP contribution in [0.1, 0.15) is 35.4 Å². The molecule has 6 nitrogen and oxygen atoms in total. The Kier molecular flexibility index (Phi) is 6.99. The van der Waals surface area contributed by atoms with Gasteiger partial charge in [0.25, 0.3) is 5.91 Å². The molecule has 2 heterocycles. The van der Waals surface area contributed by atoms with Crippen molar-refractivity contribution >= 4 is 35.0 Å². The summed E-state index contributed by atoms with van der Waals surface area (Å²) in [5, 5.41) is 6.81. The molecule has 2 aromatic rings. The first-order chi connectivity index (χ1) is 13.5. The van der Waals surface area contributed by atoms with Crippen LogP contribution >= 0.6 is 23.2 Å². The van der Waals surface area contributed by atoms with Gasteiger partial charge in [-0.3, -0.25) is 9.59 Å². The lowest BCUT2D eigenvalue weighted by atomic mass is 9.74. The minimum atomic E-state index is -0.341. The molecule has 1 aliphatic heterocycles. The summed E-state index contributed by atoms with van der Waals surface area (Å²) in [6, 6.07) is 8.66. The van der Waals surface area contributed by atoms with Gasteiger partial charge in [0.1, 0.15) is 0 Å². The number of furan rings is 1. The second-order valence-electron chi connectivity index (χ2n) is 6.78. The smallest absolute Gasteiger partial charge is 0.286 e. The van der Waals surface area contributed by atoms with E-state index in [0.717, 1.165) is 18.4 Å². The lowest BCUT2D eigenvalue weighted by Crippen LogP contribution is -2.45. The van der Waals surface area contributed by atoms with Crippen molar-refractivity contribution in [2.45, 2.75) is 24.7 Å². The second kappa shape index (κ2) is 9.45. The van der Waals surface area contributed by atoms with Crippen molar-refractivity contribution < 1.29 is 18.7 Å². The van der Waals surface area contributed by atoms with Crippen LogP contribution in [-0.4, -0.2) is 38.1 Å². The summed E-state index contributed by atoms with van der Waals surface area (Å²) < 4.78 is 10.5. The number of benzene rings is 1. The fraction of sp³-hybridized carbons (Fsp3) is 0.400. The van der Waals surface area contributed by atoms with E-state index in [9.17, 15) is 9.59 Å². The maximum absolute atomic E-state index is 12.3. The molecule has 1 aromatic carbocycles. The zero-order chi connectivity index (χ0) is 20.0. The van der Waals surface area contributed by atoms with Crippen LogP contribution in [0.2, 0.25) is 10.0 Å². The third-order valence-corrected chi connectivity index (χ3v) is 5.51. The molecule has 0 bridgehead atoms. The number of carbonyl (C=O) groups excluding carboxylic acids is 2. The fourth-order valence-corrected chi connectivity index (χ4v) is 3.97. The monoisotopic (exact) mass is 424 g/mol. The van der Waals surface area contributed by atoms with E-state index in [1.807, 2.05) is 12.1 Å². The maximum atomic E-state index is 12.3. The molecule has 28 heavy (non-hydrogen) atoms. The molecule has 8 heteroatoms. The number of hydrogen-bond acceptors (Lipinski definition) is 4. The van der Waals surface area contributed by atoms with Crippen LogP contribution in [-0.2, 0) is 14.9 Å². The summed E-state index contributed by atoms with van der Waals surface area (Å²) in [5.74, 6) is -0.263. The van der Waals surface area contributed by atoms with Crippen molar-refractivity contribution in [3.05, 3.63) is 58.0 Å². The van der Waals surface area contributed by atoms with Crippen LogP contribution in [0.5, 0.6) is 0 Å². The van der Waals surface area contributed by atoms with Crippen LogP contribution in [0.25, 0.3) is 0 Å². The van der Waals surface area contributed by atoms with Gasteiger partial charge < -0.3 is 19.8 Å². The van der Waals surface area contributed by atoms with Gasteiger partial charge in [0, 0.05) is 48.2 Å². The first-order valence-electron chi connectivity index (χ1n) is 9.12. The van der Waals surface area contributed by atoms with Gasteiger partial charge in [-0.15, -0.1) is 0 Å². The largest absolute Gasteiger partial charge is 0.459 e. The third kappa shape index (κ3) is 5.07. The van der Waals surface area contributed by atoms with E-state index in [1.54, 1.807) is 18.2 Å². The Hall–Kier alpha value is -2.02. The van der Waals surface area contributed by atoms with E-state index in [2.05, 4.69) is 10.6 Å². The van der Waals surface area contributed by atoms with E-state index >= 15 is 0 Å². The molecule has 150 valence electrons. The molecule has 0 radical (unpaired) electrons. The van der Waals surface area contributed by atoms with Gasteiger partial charge in [0.15, 0.2) is 5.76 Å². The molecule has 1 aromatic heterocycles. The van der Waals surface area contributed by atoms with Crippen molar-refractivity contribution in [1.82, 2.24) is 10.6 Å². The summed E-state index contributed by atoms with van der Waals surface area (Å²) in [4.78, 5) is 24.1. The zero-order valence-corrected chi connectivity index (χ0v) is 16.8. The SMILES string of the molecule is O=C(CCNC(=O)c1ccco1)NCC1(c2ccc(Cl)cc2Cl)CCOCC1.